The lowest BCUT2D eigenvalue weighted by molar-refractivity contribution is 0.425. The van der Waals surface area contributed by atoms with Crippen molar-refractivity contribution >= 4 is 24.2 Å². The summed E-state index contributed by atoms with van der Waals surface area (Å²) in [5, 5.41) is 26.5. The summed E-state index contributed by atoms with van der Waals surface area (Å²) in [4.78, 5) is 0. The van der Waals surface area contributed by atoms with Crippen LogP contribution in [0.1, 0.15) is 5.56 Å². The molecule has 0 aliphatic rings. The Kier molecular flexibility index (Phi) is 2.72. The second kappa shape index (κ2) is 3.59. The number of rotatable bonds is 1. The average molecular weight is 181 g/mol. The minimum Gasteiger partial charge on any atom is -0.423 e. The lowest BCUT2D eigenvalue weighted by Crippen LogP contribution is -2.32. The van der Waals surface area contributed by atoms with Crippen molar-refractivity contribution < 1.29 is 10.0 Å². The van der Waals surface area contributed by atoms with Crippen molar-refractivity contribution in [3.63, 3.8) is 0 Å². The Hall–Kier alpha value is -1.02. The quantitative estimate of drug-likeness (QED) is 0.594. The molecule has 0 fully saturated rings. The van der Waals surface area contributed by atoms with Gasteiger partial charge in [0, 0.05) is 5.02 Å². The highest BCUT2D eigenvalue weighted by Crippen LogP contribution is 2.08. The number of nitriles is 1. The van der Waals surface area contributed by atoms with Crippen LogP contribution in [0.5, 0.6) is 0 Å². The zero-order valence-electron chi connectivity index (χ0n) is 6.03. The van der Waals surface area contributed by atoms with Crippen LogP contribution in [0.25, 0.3) is 0 Å². The number of benzene rings is 1. The van der Waals surface area contributed by atoms with E-state index in [9.17, 15) is 0 Å². The van der Waals surface area contributed by atoms with E-state index in [1.54, 1.807) is 0 Å². The van der Waals surface area contributed by atoms with Gasteiger partial charge < -0.3 is 10.0 Å². The van der Waals surface area contributed by atoms with E-state index in [0.29, 0.717) is 5.02 Å². The lowest BCUT2D eigenvalue weighted by Gasteiger charge is -2.01. The lowest BCUT2D eigenvalue weighted by atomic mass is 9.77. The molecule has 1 rings (SSSR count). The minimum atomic E-state index is -1.63. The highest BCUT2D eigenvalue weighted by molar-refractivity contribution is 6.59. The van der Waals surface area contributed by atoms with Crippen LogP contribution in [0, 0.1) is 11.3 Å². The summed E-state index contributed by atoms with van der Waals surface area (Å²) in [5.41, 5.74) is 0.347. The van der Waals surface area contributed by atoms with Crippen LogP contribution < -0.4 is 5.46 Å². The molecule has 5 heteroatoms. The maximum atomic E-state index is 8.79. The zero-order valence-corrected chi connectivity index (χ0v) is 6.78. The normalized spacial score (nSPS) is 9.17. The minimum absolute atomic E-state index is 0.168. The summed E-state index contributed by atoms with van der Waals surface area (Å²) >= 11 is 5.59. The third-order valence-corrected chi connectivity index (χ3v) is 1.65. The molecule has 0 spiro atoms. The maximum absolute atomic E-state index is 8.79. The molecule has 0 aromatic heterocycles. The molecule has 0 amide bonds. The number of hydrogen-bond donors (Lipinski definition) is 2. The van der Waals surface area contributed by atoms with Crippen molar-refractivity contribution in [3.05, 3.63) is 28.8 Å². The maximum Gasteiger partial charge on any atom is 0.489 e. The molecule has 0 radical (unpaired) electrons. The summed E-state index contributed by atoms with van der Waals surface area (Å²) in [5.74, 6) is 0. The van der Waals surface area contributed by atoms with Crippen molar-refractivity contribution in [1.82, 2.24) is 0 Å². The fourth-order valence-corrected chi connectivity index (χ4v) is 1.02. The molecule has 0 heterocycles. The molecule has 0 atom stereocenters. The molecule has 0 saturated carbocycles. The highest BCUT2D eigenvalue weighted by Gasteiger charge is 2.15. The Balaban J connectivity index is 3.23. The predicted molar refractivity (Wildman–Crippen MR) is 46.0 cm³/mol. The van der Waals surface area contributed by atoms with Gasteiger partial charge in [0.25, 0.3) is 0 Å². The molecular formula is C7H5BClNO2. The predicted octanol–water partition coefficient (Wildman–Crippen LogP) is -0.109. The van der Waals surface area contributed by atoms with Gasteiger partial charge in [-0.3, -0.25) is 0 Å². The van der Waals surface area contributed by atoms with E-state index in [0.717, 1.165) is 0 Å². The molecule has 2 N–H and O–H groups in total. The van der Waals surface area contributed by atoms with Crippen molar-refractivity contribution in [1.29, 1.82) is 5.26 Å². The molecular weight excluding hydrogens is 176 g/mol. The molecule has 0 saturated heterocycles. The highest BCUT2D eigenvalue weighted by atomic mass is 35.5. The first-order valence-corrected chi connectivity index (χ1v) is 3.58. The van der Waals surface area contributed by atoms with Gasteiger partial charge in [-0.25, -0.2) is 0 Å². The summed E-state index contributed by atoms with van der Waals surface area (Å²) in [6.45, 7) is 0. The van der Waals surface area contributed by atoms with Crippen LogP contribution in [0.3, 0.4) is 0 Å². The smallest absolute Gasteiger partial charge is 0.423 e. The van der Waals surface area contributed by atoms with Crippen LogP contribution in [0.2, 0.25) is 5.02 Å². The second-order valence-corrected chi connectivity index (χ2v) is 2.65. The van der Waals surface area contributed by atoms with Gasteiger partial charge in [0.05, 0.1) is 11.6 Å². The Bertz CT molecular complexity index is 335. The van der Waals surface area contributed by atoms with Crippen LogP contribution in [-0.2, 0) is 0 Å². The van der Waals surface area contributed by atoms with Gasteiger partial charge >= 0.3 is 7.12 Å². The fourth-order valence-electron chi connectivity index (χ4n) is 0.850. The molecule has 0 bridgehead atoms. The topological polar surface area (TPSA) is 64.2 Å². The van der Waals surface area contributed by atoms with Gasteiger partial charge in [-0.1, -0.05) is 17.7 Å². The van der Waals surface area contributed by atoms with Crippen molar-refractivity contribution in [2.24, 2.45) is 0 Å². The third kappa shape index (κ3) is 1.77. The first-order valence-electron chi connectivity index (χ1n) is 3.21. The summed E-state index contributed by atoms with van der Waals surface area (Å²) in [6, 6.07) is 6.10. The summed E-state index contributed by atoms with van der Waals surface area (Å²) in [7, 11) is -1.63. The number of halogens is 1. The van der Waals surface area contributed by atoms with E-state index in [2.05, 4.69) is 0 Å². The molecule has 0 aliphatic heterocycles. The van der Waals surface area contributed by atoms with Crippen molar-refractivity contribution in [2.45, 2.75) is 0 Å². The SMILES string of the molecule is N#Cc1cc(Cl)ccc1B(O)O. The van der Waals surface area contributed by atoms with Gasteiger partial charge in [0.2, 0.25) is 0 Å². The molecule has 12 heavy (non-hydrogen) atoms. The van der Waals surface area contributed by atoms with E-state index in [1.165, 1.54) is 18.2 Å². The van der Waals surface area contributed by atoms with E-state index in [-0.39, 0.29) is 11.0 Å². The first kappa shape index (κ1) is 9.08. The molecule has 0 aliphatic carbocycles. The third-order valence-electron chi connectivity index (χ3n) is 1.41. The standard InChI is InChI=1S/C7H5BClNO2/c9-6-1-2-7(8(11)12)5(3-6)4-10/h1-3,11-12H. The average Bonchev–Trinajstić information content (AvgIpc) is 2.03. The van der Waals surface area contributed by atoms with E-state index < -0.39 is 7.12 Å². The second-order valence-electron chi connectivity index (χ2n) is 2.22. The monoisotopic (exact) mass is 181 g/mol. The molecule has 1 aromatic carbocycles. The van der Waals surface area contributed by atoms with E-state index in [4.69, 9.17) is 26.9 Å². The molecule has 0 unspecified atom stereocenters. The van der Waals surface area contributed by atoms with Crippen LogP contribution in [-0.4, -0.2) is 17.2 Å². The Morgan fingerprint density at radius 2 is 2.08 bits per heavy atom. The van der Waals surface area contributed by atoms with Crippen LogP contribution in [0.15, 0.2) is 18.2 Å². The van der Waals surface area contributed by atoms with Gasteiger partial charge in [-0.2, -0.15) is 5.26 Å². The van der Waals surface area contributed by atoms with E-state index >= 15 is 0 Å². The Labute approximate surface area is 75.0 Å². The largest absolute Gasteiger partial charge is 0.489 e. The van der Waals surface area contributed by atoms with Crippen molar-refractivity contribution in [2.75, 3.05) is 0 Å². The first-order chi connectivity index (χ1) is 5.65. The number of nitrogens with zero attached hydrogens (tertiary/aromatic N) is 1. The zero-order chi connectivity index (χ0) is 9.14. The van der Waals surface area contributed by atoms with Crippen LogP contribution in [0.4, 0.5) is 0 Å². The van der Waals surface area contributed by atoms with Crippen molar-refractivity contribution in [3.8, 4) is 6.07 Å². The van der Waals surface area contributed by atoms with Crippen LogP contribution >= 0.6 is 11.6 Å². The summed E-state index contributed by atoms with van der Waals surface area (Å²) < 4.78 is 0. The molecule has 3 nitrogen and oxygen atoms in total. The van der Waals surface area contributed by atoms with Gasteiger partial charge in [0.15, 0.2) is 0 Å². The fraction of sp³-hybridized carbons (Fsp3) is 0. The Morgan fingerprint density at radius 3 is 2.58 bits per heavy atom. The van der Waals surface area contributed by atoms with Gasteiger partial charge in [-0.05, 0) is 17.6 Å². The van der Waals surface area contributed by atoms with Gasteiger partial charge in [-0.15, -0.1) is 0 Å². The Morgan fingerprint density at radius 1 is 1.42 bits per heavy atom. The summed E-state index contributed by atoms with van der Waals surface area (Å²) in [6.07, 6.45) is 0. The molecule has 1 aromatic rings. The number of hydrogen-bond acceptors (Lipinski definition) is 3. The molecule has 60 valence electrons. The van der Waals surface area contributed by atoms with Gasteiger partial charge in [0.1, 0.15) is 0 Å². The van der Waals surface area contributed by atoms with E-state index in [1.807, 2.05) is 6.07 Å².